The van der Waals surface area contributed by atoms with E-state index in [9.17, 15) is 19.8 Å². The second-order valence-electron chi connectivity index (χ2n) is 9.63. The van der Waals surface area contributed by atoms with Crippen molar-refractivity contribution in [3.05, 3.63) is 69.6 Å². The van der Waals surface area contributed by atoms with Gasteiger partial charge >= 0.3 is 11.9 Å². The highest BCUT2D eigenvalue weighted by Crippen LogP contribution is 2.09. The lowest BCUT2D eigenvalue weighted by Crippen LogP contribution is -2.47. The number of rotatable bonds is 10. The van der Waals surface area contributed by atoms with Gasteiger partial charge in [0.1, 0.15) is 5.69 Å². The molecule has 3 rings (SSSR count). The van der Waals surface area contributed by atoms with Crippen LogP contribution < -0.4 is 0 Å². The summed E-state index contributed by atoms with van der Waals surface area (Å²) in [6.45, 7) is 5.52. The summed E-state index contributed by atoms with van der Waals surface area (Å²) in [4.78, 5) is 43.5. The zero-order valence-electron chi connectivity index (χ0n) is 22.8. The third-order valence-electron chi connectivity index (χ3n) is 6.56. The molecule has 218 valence electrons. The Morgan fingerprint density at radius 2 is 1.27 bits per heavy atom. The second kappa shape index (κ2) is 17.5. The van der Waals surface area contributed by atoms with Crippen LogP contribution in [0.3, 0.4) is 0 Å². The molecule has 13 nitrogen and oxygen atoms in total. The predicted octanol–water partition coefficient (Wildman–Crippen LogP) is 2.12. The van der Waals surface area contributed by atoms with Crippen LogP contribution in [0.1, 0.15) is 22.8 Å². The standard InChI is InChI=1S/C27H34IN9O4/c28-8-7-22-3-1-5-24(31-22)18-34-9-13-36(20-26(38)39)15-11-35(12-16-37(14-10-34)21-27(40)41)19-25-6-2-4-23(32-25)17-30-33-29/h1-6H,9-21H2,(H,38,39)(H,40,41). The van der Waals surface area contributed by atoms with E-state index in [2.05, 4.69) is 39.6 Å². The van der Waals surface area contributed by atoms with Gasteiger partial charge in [0.2, 0.25) is 0 Å². The summed E-state index contributed by atoms with van der Waals surface area (Å²) in [5.41, 5.74) is 11.6. The smallest absolute Gasteiger partial charge is 0.317 e. The first kappa shape index (κ1) is 32.2. The molecule has 1 fully saturated rings. The van der Waals surface area contributed by atoms with Gasteiger partial charge in [-0.25, -0.2) is 4.98 Å². The Hall–Kier alpha value is -3.32. The van der Waals surface area contributed by atoms with Gasteiger partial charge in [-0.3, -0.25) is 34.2 Å². The molecule has 2 aromatic heterocycles. The Bertz CT molecular complexity index is 1250. The molecule has 0 spiro atoms. The number of aliphatic carboxylic acids is 2. The monoisotopic (exact) mass is 675 g/mol. The van der Waals surface area contributed by atoms with E-state index in [1.54, 1.807) is 6.07 Å². The molecule has 41 heavy (non-hydrogen) atoms. The van der Waals surface area contributed by atoms with E-state index in [-0.39, 0.29) is 19.6 Å². The van der Waals surface area contributed by atoms with E-state index in [0.717, 1.165) is 11.4 Å². The lowest BCUT2D eigenvalue weighted by Gasteiger charge is -2.33. The molecule has 1 saturated heterocycles. The molecule has 0 aromatic carbocycles. The molecule has 14 heteroatoms. The van der Waals surface area contributed by atoms with Crippen molar-refractivity contribution in [2.45, 2.75) is 19.6 Å². The van der Waals surface area contributed by atoms with Crippen molar-refractivity contribution in [3.63, 3.8) is 0 Å². The van der Waals surface area contributed by atoms with Gasteiger partial charge in [0, 0.05) is 98.6 Å². The van der Waals surface area contributed by atoms with Crippen molar-refractivity contribution in [2.75, 3.05) is 65.4 Å². The number of hydrogen-bond acceptors (Lipinski definition) is 9. The molecular weight excluding hydrogens is 641 g/mol. The summed E-state index contributed by atoms with van der Waals surface area (Å²) in [6.07, 6.45) is 0. The Morgan fingerprint density at radius 3 is 1.76 bits per heavy atom. The van der Waals surface area contributed by atoms with Crippen molar-refractivity contribution >= 4 is 34.5 Å². The SMILES string of the molecule is [N-]=[N+]=NCc1cccc(CN2CCN(CC(=O)O)CCN(Cc3cccc(C#CI)n3)CCN(CC(=O)O)CC2)n1. The van der Waals surface area contributed by atoms with Crippen LogP contribution in [-0.4, -0.2) is 117 Å². The highest BCUT2D eigenvalue weighted by molar-refractivity contribution is 14.1. The van der Waals surface area contributed by atoms with Gasteiger partial charge in [0.15, 0.2) is 0 Å². The van der Waals surface area contributed by atoms with E-state index in [1.807, 2.05) is 62.7 Å². The molecule has 0 atom stereocenters. The minimum absolute atomic E-state index is 0.0777. The first-order chi connectivity index (χ1) is 19.8. The van der Waals surface area contributed by atoms with Crippen molar-refractivity contribution in [1.29, 1.82) is 0 Å². The van der Waals surface area contributed by atoms with E-state index >= 15 is 0 Å². The quantitative estimate of drug-likeness (QED) is 0.126. The van der Waals surface area contributed by atoms with E-state index in [1.165, 1.54) is 0 Å². The molecule has 0 amide bonds. The first-order valence-electron chi connectivity index (χ1n) is 13.2. The van der Waals surface area contributed by atoms with Gasteiger partial charge < -0.3 is 10.2 Å². The normalized spacial score (nSPS) is 16.4. The Morgan fingerprint density at radius 1 is 0.805 bits per heavy atom. The average Bonchev–Trinajstić information content (AvgIpc) is 2.93. The summed E-state index contributed by atoms with van der Waals surface area (Å²) in [5.74, 6) is 1.19. The third-order valence-corrected chi connectivity index (χ3v) is 6.83. The van der Waals surface area contributed by atoms with Crippen molar-refractivity contribution < 1.29 is 19.8 Å². The fourth-order valence-corrected chi connectivity index (χ4v) is 4.82. The molecule has 0 aliphatic carbocycles. The number of carboxylic acid groups (broad SMARTS) is 2. The zero-order chi connectivity index (χ0) is 29.5. The van der Waals surface area contributed by atoms with Gasteiger partial charge in [-0.2, -0.15) is 0 Å². The molecule has 0 unspecified atom stereocenters. The number of carboxylic acids is 2. The number of pyridine rings is 2. The molecule has 3 heterocycles. The zero-order valence-corrected chi connectivity index (χ0v) is 24.9. The number of azide groups is 1. The second-order valence-corrected chi connectivity index (χ2v) is 10.2. The third kappa shape index (κ3) is 12.4. The highest BCUT2D eigenvalue weighted by atomic mass is 127. The number of nitrogens with zero attached hydrogens (tertiary/aromatic N) is 9. The van der Waals surface area contributed by atoms with Gasteiger partial charge in [0.05, 0.1) is 31.0 Å². The highest BCUT2D eigenvalue weighted by Gasteiger charge is 2.20. The molecule has 2 N–H and O–H groups in total. The Kier molecular flexibility index (Phi) is 13.7. The van der Waals surface area contributed by atoms with Crippen LogP contribution in [0.15, 0.2) is 41.5 Å². The molecule has 0 radical (unpaired) electrons. The minimum atomic E-state index is -0.887. The maximum atomic E-state index is 11.7. The van der Waals surface area contributed by atoms with Gasteiger partial charge in [-0.1, -0.05) is 17.2 Å². The fraction of sp³-hybridized carbons (Fsp3) is 0.481. The predicted molar refractivity (Wildman–Crippen MR) is 161 cm³/mol. The summed E-state index contributed by atoms with van der Waals surface area (Å²) >= 11 is 1.98. The van der Waals surface area contributed by atoms with Crippen LogP contribution >= 0.6 is 22.6 Å². The van der Waals surface area contributed by atoms with Crippen LogP contribution in [0.2, 0.25) is 0 Å². The lowest BCUT2D eigenvalue weighted by atomic mass is 10.2. The van der Waals surface area contributed by atoms with E-state index < -0.39 is 11.9 Å². The van der Waals surface area contributed by atoms with E-state index in [4.69, 9.17) is 5.53 Å². The van der Waals surface area contributed by atoms with Gasteiger partial charge in [-0.15, -0.1) is 0 Å². The topological polar surface area (TPSA) is 162 Å². The van der Waals surface area contributed by atoms with Crippen LogP contribution in [0.5, 0.6) is 0 Å². The Balaban J connectivity index is 1.78. The lowest BCUT2D eigenvalue weighted by molar-refractivity contribution is -0.139. The number of carbonyl (C=O) groups is 2. The molecule has 1 aliphatic heterocycles. The maximum absolute atomic E-state index is 11.7. The number of halogens is 1. The first-order valence-corrected chi connectivity index (χ1v) is 14.3. The molecule has 0 bridgehead atoms. The van der Waals surface area contributed by atoms with E-state index in [0.29, 0.717) is 76.8 Å². The summed E-state index contributed by atoms with van der Waals surface area (Å²) in [7, 11) is 0. The summed E-state index contributed by atoms with van der Waals surface area (Å²) < 4.78 is 2.83. The number of hydrogen-bond donors (Lipinski definition) is 2. The largest absolute Gasteiger partial charge is 0.480 e. The van der Waals surface area contributed by atoms with Crippen LogP contribution in [0.4, 0.5) is 0 Å². The van der Waals surface area contributed by atoms with Crippen LogP contribution in [0.25, 0.3) is 10.4 Å². The van der Waals surface area contributed by atoms with Crippen LogP contribution in [-0.2, 0) is 29.2 Å². The van der Waals surface area contributed by atoms with Crippen LogP contribution in [0, 0.1) is 9.85 Å². The molecular formula is C27H34IN9O4. The number of aromatic nitrogens is 2. The van der Waals surface area contributed by atoms with Gasteiger partial charge in [0.25, 0.3) is 0 Å². The van der Waals surface area contributed by atoms with Crippen molar-refractivity contribution in [1.82, 2.24) is 29.6 Å². The summed E-state index contributed by atoms with van der Waals surface area (Å²) in [6, 6.07) is 11.3. The van der Waals surface area contributed by atoms with Gasteiger partial charge in [-0.05, 0) is 39.6 Å². The minimum Gasteiger partial charge on any atom is -0.480 e. The fourth-order valence-electron chi connectivity index (χ4n) is 4.55. The van der Waals surface area contributed by atoms with Crippen molar-refractivity contribution in [3.8, 4) is 9.85 Å². The van der Waals surface area contributed by atoms with Crippen molar-refractivity contribution in [2.24, 2.45) is 5.11 Å². The molecule has 2 aromatic rings. The average molecular weight is 676 g/mol. The maximum Gasteiger partial charge on any atom is 0.317 e. The Labute approximate surface area is 252 Å². The molecule has 1 aliphatic rings. The molecule has 0 saturated carbocycles. The summed E-state index contributed by atoms with van der Waals surface area (Å²) in [5, 5.41) is 22.7.